The quantitative estimate of drug-likeness (QED) is 0.740. The Bertz CT molecular complexity index is 554. The summed E-state index contributed by atoms with van der Waals surface area (Å²) in [5, 5.41) is 2.80. The van der Waals surface area contributed by atoms with Crippen LogP contribution in [-0.4, -0.2) is 30.7 Å². The Hall–Kier alpha value is -1.66. The monoisotopic (exact) mass is 293 g/mol. The number of nitrogens with one attached hydrogen (secondary N) is 1. The van der Waals surface area contributed by atoms with Crippen LogP contribution in [0.25, 0.3) is 0 Å². The zero-order valence-electron chi connectivity index (χ0n) is 12.4. The highest BCUT2D eigenvalue weighted by Gasteiger charge is 2.21. The number of carbonyl (C=O) groups is 1. The molecule has 1 aromatic rings. The largest absolute Gasteiger partial charge is 0.385 e. The predicted molar refractivity (Wildman–Crippen MR) is 80.1 cm³/mol. The number of nitrogens with zero attached hydrogens (tertiary/aromatic N) is 1. The maximum Gasteiger partial charge on any atom is 0.251 e. The first-order chi connectivity index (χ1) is 10.1. The summed E-state index contributed by atoms with van der Waals surface area (Å²) in [7, 11) is 1.63. The van der Waals surface area contributed by atoms with Crippen LogP contribution in [0, 0.1) is 0 Å². The molecule has 0 radical (unpaired) electrons. The van der Waals surface area contributed by atoms with Gasteiger partial charge in [0.1, 0.15) is 6.54 Å². The summed E-state index contributed by atoms with van der Waals surface area (Å²) < 4.78 is 6.48. The smallest absolute Gasteiger partial charge is 0.251 e. The van der Waals surface area contributed by atoms with Gasteiger partial charge in [0.25, 0.3) is 5.56 Å². The van der Waals surface area contributed by atoms with Crippen molar-refractivity contribution in [1.82, 2.24) is 9.88 Å². The number of nitrogens with two attached hydrogens (primary N) is 1. The fourth-order valence-electron chi connectivity index (χ4n) is 2.72. The van der Waals surface area contributed by atoms with Gasteiger partial charge in [0.2, 0.25) is 5.91 Å². The fraction of sp³-hybridized carbons (Fsp3) is 0.600. The van der Waals surface area contributed by atoms with Crippen molar-refractivity contribution in [3.63, 3.8) is 0 Å². The number of hydrogen-bond acceptors (Lipinski definition) is 4. The van der Waals surface area contributed by atoms with Crippen molar-refractivity contribution in [1.29, 1.82) is 0 Å². The Morgan fingerprint density at radius 1 is 1.52 bits per heavy atom. The minimum Gasteiger partial charge on any atom is -0.385 e. The number of aromatic nitrogens is 1. The summed E-state index contributed by atoms with van der Waals surface area (Å²) in [5.41, 5.74) is 7.84. The summed E-state index contributed by atoms with van der Waals surface area (Å²) >= 11 is 0. The number of rotatable bonds is 6. The van der Waals surface area contributed by atoms with Crippen LogP contribution in [0.5, 0.6) is 0 Å². The third kappa shape index (κ3) is 3.92. The number of methoxy groups -OCH3 is 1. The van der Waals surface area contributed by atoms with Crippen LogP contribution in [0.15, 0.2) is 16.9 Å². The van der Waals surface area contributed by atoms with E-state index in [0.717, 1.165) is 36.9 Å². The number of fused-ring (bicyclic) bond motifs is 1. The van der Waals surface area contributed by atoms with E-state index in [9.17, 15) is 9.59 Å². The van der Waals surface area contributed by atoms with Crippen LogP contribution in [0.1, 0.15) is 36.6 Å². The van der Waals surface area contributed by atoms with Gasteiger partial charge >= 0.3 is 0 Å². The summed E-state index contributed by atoms with van der Waals surface area (Å²) in [6.45, 7) is 1.22. The van der Waals surface area contributed by atoms with E-state index in [1.165, 1.54) is 6.07 Å². The SMILES string of the molecule is COCCCNC(=O)Cn1c2c(ccc1=O)C(N)CCC2. The van der Waals surface area contributed by atoms with Gasteiger partial charge in [-0.15, -0.1) is 0 Å². The number of ether oxygens (including phenoxy) is 1. The first kappa shape index (κ1) is 15.7. The standard InChI is InChI=1S/C15H23N3O3/c1-21-9-3-8-17-14(19)10-18-13-5-2-4-12(16)11(13)6-7-15(18)20/h6-7,12H,2-5,8-10,16H2,1H3,(H,17,19). The highest BCUT2D eigenvalue weighted by Crippen LogP contribution is 2.26. The van der Waals surface area contributed by atoms with Gasteiger partial charge in [-0.05, 0) is 31.2 Å². The minimum atomic E-state index is -0.152. The number of hydrogen-bond donors (Lipinski definition) is 2. The summed E-state index contributed by atoms with van der Waals surface area (Å²) in [4.78, 5) is 24.0. The van der Waals surface area contributed by atoms with Crippen molar-refractivity contribution >= 4 is 5.91 Å². The van der Waals surface area contributed by atoms with E-state index in [4.69, 9.17) is 10.5 Å². The molecular weight excluding hydrogens is 270 g/mol. The Morgan fingerprint density at radius 2 is 2.33 bits per heavy atom. The molecule has 1 heterocycles. The average molecular weight is 293 g/mol. The lowest BCUT2D eigenvalue weighted by Crippen LogP contribution is -2.36. The lowest BCUT2D eigenvalue weighted by Gasteiger charge is -2.25. The molecule has 1 aliphatic carbocycles. The van der Waals surface area contributed by atoms with Crippen LogP contribution in [0.3, 0.4) is 0 Å². The molecule has 0 saturated heterocycles. The average Bonchev–Trinajstić information content (AvgIpc) is 2.47. The normalized spacial score (nSPS) is 17.3. The lowest BCUT2D eigenvalue weighted by atomic mass is 9.91. The minimum absolute atomic E-state index is 0.0367. The van der Waals surface area contributed by atoms with E-state index in [1.807, 2.05) is 0 Å². The summed E-state index contributed by atoms with van der Waals surface area (Å²) in [6.07, 6.45) is 3.44. The molecular formula is C15H23N3O3. The second-order valence-corrected chi connectivity index (χ2v) is 5.35. The van der Waals surface area contributed by atoms with E-state index < -0.39 is 0 Å². The molecule has 1 unspecified atom stereocenters. The zero-order valence-corrected chi connectivity index (χ0v) is 12.4. The van der Waals surface area contributed by atoms with Crippen molar-refractivity contribution in [2.24, 2.45) is 5.73 Å². The second kappa shape index (κ2) is 7.38. The molecule has 0 aromatic carbocycles. The highest BCUT2D eigenvalue weighted by molar-refractivity contribution is 5.75. The van der Waals surface area contributed by atoms with Crippen LogP contribution in [0.2, 0.25) is 0 Å². The maximum atomic E-state index is 12.0. The van der Waals surface area contributed by atoms with Gasteiger partial charge in [-0.2, -0.15) is 0 Å². The Kier molecular flexibility index (Phi) is 5.52. The Labute approximate surface area is 124 Å². The number of pyridine rings is 1. The van der Waals surface area contributed by atoms with Crippen LogP contribution in [-0.2, 0) is 22.5 Å². The third-order valence-corrected chi connectivity index (χ3v) is 3.81. The molecule has 0 aliphatic heterocycles. The van der Waals surface area contributed by atoms with E-state index in [2.05, 4.69) is 5.32 Å². The molecule has 0 saturated carbocycles. The molecule has 1 aliphatic rings. The Balaban J connectivity index is 2.07. The molecule has 0 bridgehead atoms. The first-order valence-electron chi connectivity index (χ1n) is 7.37. The molecule has 21 heavy (non-hydrogen) atoms. The van der Waals surface area contributed by atoms with Crippen LogP contribution < -0.4 is 16.6 Å². The van der Waals surface area contributed by atoms with E-state index in [-0.39, 0.29) is 24.1 Å². The molecule has 1 amide bonds. The summed E-state index contributed by atoms with van der Waals surface area (Å²) in [6, 6.07) is 3.27. The van der Waals surface area contributed by atoms with Gasteiger partial charge in [0, 0.05) is 38.1 Å². The lowest BCUT2D eigenvalue weighted by molar-refractivity contribution is -0.121. The van der Waals surface area contributed by atoms with Crippen molar-refractivity contribution in [2.45, 2.75) is 38.3 Å². The van der Waals surface area contributed by atoms with Crippen molar-refractivity contribution in [2.75, 3.05) is 20.3 Å². The van der Waals surface area contributed by atoms with Gasteiger partial charge in [-0.25, -0.2) is 0 Å². The fourth-order valence-corrected chi connectivity index (χ4v) is 2.72. The zero-order chi connectivity index (χ0) is 15.2. The molecule has 2 rings (SSSR count). The van der Waals surface area contributed by atoms with E-state index in [0.29, 0.717) is 13.2 Å². The molecule has 0 fully saturated rings. The highest BCUT2D eigenvalue weighted by atomic mass is 16.5. The predicted octanol–water partition coefficient (Wildman–Crippen LogP) is 0.337. The third-order valence-electron chi connectivity index (χ3n) is 3.81. The topological polar surface area (TPSA) is 86.3 Å². The van der Waals surface area contributed by atoms with Gasteiger partial charge in [-0.1, -0.05) is 6.07 Å². The molecule has 1 aromatic heterocycles. The van der Waals surface area contributed by atoms with Crippen molar-refractivity contribution in [3.8, 4) is 0 Å². The van der Waals surface area contributed by atoms with Crippen LogP contribution in [0.4, 0.5) is 0 Å². The van der Waals surface area contributed by atoms with Crippen molar-refractivity contribution < 1.29 is 9.53 Å². The Morgan fingerprint density at radius 3 is 3.10 bits per heavy atom. The maximum absolute atomic E-state index is 12.0. The number of carbonyl (C=O) groups excluding carboxylic acids is 1. The molecule has 3 N–H and O–H groups in total. The first-order valence-corrected chi connectivity index (χ1v) is 7.37. The van der Waals surface area contributed by atoms with E-state index in [1.54, 1.807) is 17.7 Å². The molecule has 6 heteroatoms. The van der Waals surface area contributed by atoms with Crippen LogP contribution >= 0.6 is 0 Å². The van der Waals surface area contributed by atoms with Crippen molar-refractivity contribution in [3.05, 3.63) is 33.7 Å². The van der Waals surface area contributed by atoms with E-state index >= 15 is 0 Å². The van der Waals surface area contributed by atoms with Gasteiger partial charge in [-0.3, -0.25) is 9.59 Å². The number of amides is 1. The second-order valence-electron chi connectivity index (χ2n) is 5.35. The summed E-state index contributed by atoms with van der Waals surface area (Å²) in [5.74, 6) is -0.152. The molecule has 6 nitrogen and oxygen atoms in total. The van der Waals surface area contributed by atoms with Gasteiger partial charge < -0.3 is 20.4 Å². The van der Waals surface area contributed by atoms with Gasteiger partial charge in [0.15, 0.2) is 0 Å². The molecule has 1 atom stereocenters. The van der Waals surface area contributed by atoms with Gasteiger partial charge in [0.05, 0.1) is 0 Å². The molecule has 116 valence electrons. The molecule has 0 spiro atoms.